The Labute approximate surface area is 138 Å². The standard InChI is InChI=1S/C16H28N2O5/c1-4-22-12-13-23-16(19)15(14-17)6-5-7-18(8-10-20-2)9-11-21-3/h6H,4-5,7-13H2,1-3H3/b15-6+. The lowest BCUT2D eigenvalue weighted by Crippen LogP contribution is -2.31. The molecule has 0 spiro atoms. The molecule has 0 aliphatic heterocycles. The van der Waals surface area contributed by atoms with E-state index < -0.39 is 5.97 Å². The second-order valence-corrected chi connectivity index (χ2v) is 4.68. The van der Waals surface area contributed by atoms with Gasteiger partial charge in [-0.15, -0.1) is 0 Å². The molecular formula is C16H28N2O5. The third-order valence-corrected chi connectivity index (χ3v) is 3.02. The van der Waals surface area contributed by atoms with Gasteiger partial charge in [-0.25, -0.2) is 4.79 Å². The first-order valence-corrected chi connectivity index (χ1v) is 7.74. The average molecular weight is 328 g/mol. The van der Waals surface area contributed by atoms with Crippen molar-refractivity contribution >= 4 is 5.97 Å². The van der Waals surface area contributed by atoms with Gasteiger partial charge in [0.15, 0.2) is 0 Å². The molecule has 0 heterocycles. The largest absolute Gasteiger partial charge is 0.459 e. The van der Waals surface area contributed by atoms with Gasteiger partial charge in [0.2, 0.25) is 0 Å². The van der Waals surface area contributed by atoms with Crippen LogP contribution in [0, 0.1) is 11.3 Å². The van der Waals surface area contributed by atoms with Crippen LogP contribution in [0.3, 0.4) is 0 Å². The fourth-order valence-electron chi connectivity index (χ4n) is 1.76. The SMILES string of the molecule is CCOCCOC(=O)/C(C#N)=C/CCN(CCOC)CCOC. The Kier molecular flexibility index (Phi) is 14.5. The summed E-state index contributed by atoms with van der Waals surface area (Å²) in [5.74, 6) is -0.604. The highest BCUT2D eigenvalue weighted by molar-refractivity contribution is 5.92. The molecule has 23 heavy (non-hydrogen) atoms. The van der Waals surface area contributed by atoms with Crippen molar-refractivity contribution in [1.29, 1.82) is 5.26 Å². The number of methoxy groups -OCH3 is 2. The maximum absolute atomic E-state index is 11.7. The number of nitriles is 1. The van der Waals surface area contributed by atoms with Crippen LogP contribution in [-0.4, -0.2) is 77.8 Å². The van der Waals surface area contributed by atoms with Crippen LogP contribution in [0.25, 0.3) is 0 Å². The van der Waals surface area contributed by atoms with Gasteiger partial charge in [0.25, 0.3) is 0 Å². The van der Waals surface area contributed by atoms with Gasteiger partial charge >= 0.3 is 5.97 Å². The minimum atomic E-state index is -0.604. The lowest BCUT2D eigenvalue weighted by molar-refractivity contribution is -0.140. The monoisotopic (exact) mass is 328 g/mol. The zero-order valence-corrected chi connectivity index (χ0v) is 14.4. The van der Waals surface area contributed by atoms with Crippen molar-refractivity contribution in [3.8, 4) is 6.07 Å². The molecule has 0 bridgehead atoms. The fraction of sp³-hybridized carbons (Fsp3) is 0.750. The highest BCUT2D eigenvalue weighted by atomic mass is 16.6. The molecule has 0 aliphatic carbocycles. The van der Waals surface area contributed by atoms with Gasteiger partial charge in [-0.2, -0.15) is 5.26 Å². The Morgan fingerprint density at radius 1 is 1.09 bits per heavy atom. The van der Waals surface area contributed by atoms with E-state index >= 15 is 0 Å². The van der Waals surface area contributed by atoms with E-state index in [1.165, 1.54) is 0 Å². The van der Waals surface area contributed by atoms with E-state index in [0.29, 0.717) is 39.4 Å². The van der Waals surface area contributed by atoms with E-state index in [9.17, 15) is 4.79 Å². The molecule has 0 rings (SSSR count). The number of hydrogen-bond donors (Lipinski definition) is 0. The van der Waals surface area contributed by atoms with Crippen LogP contribution in [0.4, 0.5) is 0 Å². The average Bonchev–Trinajstić information content (AvgIpc) is 2.57. The molecule has 0 saturated heterocycles. The van der Waals surface area contributed by atoms with Crippen LogP contribution in [0.15, 0.2) is 11.6 Å². The number of esters is 1. The van der Waals surface area contributed by atoms with Gasteiger partial charge in [0.05, 0.1) is 19.8 Å². The lowest BCUT2D eigenvalue weighted by Gasteiger charge is -2.20. The van der Waals surface area contributed by atoms with Gasteiger partial charge < -0.3 is 18.9 Å². The van der Waals surface area contributed by atoms with Gasteiger partial charge in [0, 0.05) is 40.5 Å². The maximum atomic E-state index is 11.7. The molecular weight excluding hydrogens is 300 g/mol. The van der Waals surface area contributed by atoms with Crippen LogP contribution < -0.4 is 0 Å². The third-order valence-electron chi connectivity index (χ3n) is 3.02. The zero-order valence-electron chi connectivity index (χ0n) is 14.4. The Morgan fingerprint density at radius 2 is 1.74 bits per heavy atom. The van der Waals surface area contributed by atoms with E-state index in [2.05, 4.69) is 4.90 Å². The Bertz CT molecular complexity index is 371. The van der Waals surface area contributed by atoms with Crippen LogP contribution in [-0.2, 0) is 23.7 Å². The van der Waals surface area contributed by atoms with Gasteiger partial charge in [-0.3, -0.25) is 4.90 Å². The molecule has 7 nitrogen and oxygen atoms in total. The summed E-state index contributed by atoms with van der Waals surface area (Å²) < 4.78 is 20.2. The van der Waals surface area contributed by atoms with E-state index in [1.54, 1.807) is 20.3 Å². The fourth-order valence-corrected chi connectivity index (χ4v) is 1.76. The minimum absolute atomic E-state index is 0.0277. The first-order valence-electron chi connectivity index (χ1n) is 7.74. The molecule has 0 saturated carbocycles. The van der Waals surface area contributed by atoms with Gasteiger partial charge in [-0.05, 0) is 13.3 Å². The number of nitrogens with zero attached hydrogens (tertiary/aromatic N) is 2. The normalized spacial score (nSPS) is 11.5. The van der Waals surface area contributed by atoms with Crippen molar-refractivity contribution in [2.75, 3.05) is 66.9 Å². The third kappa shape index (κ3) is 11.7. The summed E-state index contributed by atoms with van der Waals surface area (Å²) in [5, 5.41) is 9.04. The van der Waals surface area contributed by atoms with E-state index in [0.717, 1.165) is 13.1 Å². The number of carbonyl (C=O) groups excluding carboxylic acids is 1. The zero-order chi connectivity index (χ0) is 17.3. The Balaban J connectivity index is 4.27. The van der Waals surface area contributed by atoms with Crippen molar-refractivity contribution < 1.29 is 23.7 Å². The summed E-state index contributed by atoms with van der Waals surface area (Å²) >= 11 is 0. The van der Waals surface area contributed by atoms with Crippen LogP contribution >= 0.6 is 0 Å². The first-order chi connectivity index (χ1) is 11.2. The molecule has 0 aromatic rings. The predicted molar refractivity (Wildman–Crippen MR) is 86.0 cm³/mol. The van der Waals surface area contributed by atoms with Gasteiger partial charge in [-0.1, -0.05) is 6.08 Å². The second kappa shape index (κ2) is 15.4. The lowest BCUT2D eigenvalue weighted by atomic mass is 10.2. The van der Waals surface area contributed by atoms with E-state index in [-0.39, 0.29) is 12.2 Å². The quantitative estimate of drug-likeness (QED) is 0.204. The molecule has 0 amide bonds. The predicted octanol–water partition coefficient (Wildman–Crippen LogP) is 1.00. The highest BCUT2D eigenvalue weighted by Gasteiger charge is 2.10. The number of ether oxygens (including phenoxy) is 4. The summed E-state index contributed by atoms with van der Waals surface area (Å²) in [7, 11) is 3.31. The highest BCUT2D eigenvalue weighted by Crippen LogP contribution is 2.01. The molecule has 0 fully saturated rings. The molecule has 0 aromatic carbocycles. The van der Waals surface area contributed by atoms with Crippen molar-refractivity contribution in [1.82, 2.24) is 4.90 Å². The summed E-state index contributed by atoms with van der Waals surface area (Å²) in [4.78, 5) is 13.9. The second-order valence-electron chi connectivity index (χ2n) is 4.68. The van der Waals surface area contributed by atoms with Crippen LogP contribution in [0.2, 0.25) is 0 Å². The minimum Gasteiger partial charge on any atom is -0.459 e. The van der Waals surface area contributed by atoms with Crippen molar-refractivity contribution in [3.05, 3.63) is 11.6 Å². The number of hydrogen-bond acceptors (Lipinski definition) is 7. The molecule has 0 radical (unpaired) electrons. The topological polar surface area (TPSA) is 81.0 Å². The smallest absolute Gasteiger partial charge is 0.348 e. The van der Waals surface area contributed by atoms with Crippen molar-refractivity contribution in [2.45, 2.75) is 13.3 Å². The first kappa shape index (κ1) is 21.5. The van der Waals surface area contributed by atoms with Gasteiger partial charge in [0.1, 0.15) is 18.2 Å². The molecule has 0 aromatic heterocycles. The Hall–Kier alpha value is -1.46. The summed E-state index contributed by atoms with van der Waals surface area (Å²) in [6, 6.07) is 1.88. The van der Waals surface area contributed by atoms with E-state index in [1.807, 2.05) is 13.0 Å². The summed E-state index contributed by atoms with van der Waals surface area (Å²) in [5.41, 5.74) is 0.0277. The molecule has 0 unspecified atom stereocenters. The molecule has 0 N–H and O–H groups in total. The van der Waals surface area contributed by atoms with Crippen LogP contribution in [0.1, 0.15) is 13.3 Å². The number of rotatable bonds is 14. The Morgan fingerprint density at radius 3 is 2.26 bits per heavy atom. The molecule has 132 valence electrons. The summed E-state index contributed by atoms with van der Waals surface area (Å²) in [6.45, 7) is 6.42. The van der Waals surface area contributed by atoms with Crippen LogP contribution in [0.5, 0.6) is 0 Å². The molecule has 7 heteroatoms. The number of carbonyl (C=O) groups is 1. The van der Waals surface area contributed by atoms with Crippen molar-refractivity contribution in [2.24, 2.45) is 0 Å². The maximum Gasteiger partial charge on any atom is 0.348 e. The van der Waals surface area contributed by atoms with Crippen molar-refractivity contribution in [3.63, 3.8) is 0 Å². The molecule has 0 atom stereocenters. The summed E-state index contributed by atoms with van der Waals surface area (Å²) in [6.07, 6.45) is 2.19. The van der Waals surface area contributed by atoms with E-state index in [4.69, 9.17) is 24.2 Å². The molecule has 0 aliphatic rings.